The molecule has 11 heavy (non-hydrogen) atoms. The summed E-state index contributed by atoms with van der Waals surface area (Å²) in [4.78, 5) is 3.45. The number of rotatable bonds is 0. The van der Waals surface area contributed by atoms with Crippen molar-refractivity contribution in [3.63, 3.8) is 0 Å². The van der Waals surface area contributed by atoms with Crippen molar-refractivity contribution < 1.29 is 5.11 Å². The first-order chi connectivity index (χ1) is 4.63. The van der Waals surface area contributed by atoms with Gasteiger partial charge in [-0.2, -0.15) is 0 Å². The molecule has 58 valence electrons. The van der Waals surface area contributed by atoms with Crippen molar-refractivity contribution in [3.05, 3.63) is 21.3 Å². The lowest BCUT2D eigenvalue weighted by Crippen LogP contribution is -1.77. The van der Waals surface area contributed by atoms with E-state index >= 15 is 0 Å². The lowest BCUT2D eigenvalue weighted by atomic mass is 10.5. The van der Waals surface area contributed by atoms with Gasteiger partial charge in [0.2, 0.25) is 5.88 Å². The van der Waals surface area contributed by atoms with Crippen LogP contribution in [0.3, 0.4) is 0 Å². The summed E-state index contributed by atoms with van der Waals surface area (Å²) in [6, 6.07) is 0. The standard InChI is InChI=1S/C5H2Cl3NO.Mg.2H/c6-2-1-9-5(10)4(8)3(2)7;;;/h1H,(H,9,10);;;. The Kier molecular flexibility index (Phi) is 4.82. The normalized spacial score (nSPS) is 9.00. The molecule has 0 radical (unpaired) electrons. The van der Waals surface area contributed by atoms with Crippen molar-refractivity contribution in [2.24, 2.45) is 0 Å². The van der Waals surface area contributed by atoms with E-state index in [1.807, 2.05) is 0 Å². The summed E-state index contributed by atoms with van der Waals surface area (Å²) >= 11 is 16.5. The first kappa shape index (κ1) is 11.6. The summed E-state index contributed by atoms with van der Waals surface area (Å²) < 4.78 is 0. The molecule has 0 unspecified atom stereocenters. The van der Waals surface area contributed by atoms with Gasteiger partial charge in [0.25, 0.3) is 0 Å². The topological polar surface area (TPSA) is 33.1 Å². The van der Waals surface area contributed by atoms with Crippen molar-refractivity contribution in [2.45, 2.75) is 0 Å². The minimum atomic E-state index is -0.309. The van der Waals surface area contributed by atoms with Gasteiger partial charge < -0.3 is 5.11 Å². The lowest BCUT2D eigenvalue weighted by molar-refractivity contribution is 0.454. The molecule has 0 aliphatic carbocycles. The van der Waals surface area contributed by atoms with Crippen LogP contribution in [0.25, 0.3) is 0 Å². The van der Waals surface area contributed by atoms with Crippen LogP contribution in [-0.4, -0.2) is 33.1 Å². The zero-order valence-electron chi connectivity index (χ0n) is 4.61. The van der Waals surface area contributed by atoms with E-state index in [0.29, 0.717) is 0 Å². The second-order valence-electron chi connectivity index (χ2n) is 1.56. The highest BCUT2D eigenvalue weighted by molar-refractivity contribution is 6.48. The fourth-order valence-corrected chi connectivity index (χ4v) is 0.910. The summed E-state index contributed by atoms with van der Waals surface area (Å²) in [6.07, 6.45) is 1.23. The van der Waals surface area contributed by atoms with Crippen LogP contribution in [0.5, 0.6) is 5.88 Å². The van der Waals surface area contributed by atoms with E-state index in [1.165, 1.54) is 6.20 Å². The Hall–Kier alpha value is 0.586. The molecule has 0 saturated heterocycles. The average molecular weight is 225 g/mol. The molecule has 2 nitrogen and oxygen atoms in total. The van der Waals surface area contributed by atoms with Crippen molar-refractivity contribution >= 4 is 57.9 Å². The summed E-state index contributed by atoms with van der Waals surface area (Å²) in [5.74, 6) is -0.309. The molecule has 0 atom stereocenters. The predicted octanol–water partition coefficient (Wildman–Crippen LogP) is 1.83. The fourth-order valence-electron chi connectivity index (χ4n) is 0.434. The second-order valence-corrected chi connectivity index (χ2v) is 2.72. The van der Waals surface area contributed by atoms with Gasteiger partial charge in [0.05, 0.1) is 16.2 Å². The first-order valence-corrected chi connectivity index (χ1v) is 3.44. The number of aromatic nitrogens is 1. The number of hydrogen-bond donors (Lipinski definition) is 1. The highest BCUT2D eigenvalue weighted by Gasteiger charge is 2.07. The minimum Gasteiger partial charge on any atom is -0.492 e. The molecule has 0 aromatic carbocycles. The third kappa shape index (κ3) is 2.52. The SMILES string of the molecule is Oc1ncc(Cl)c(Cl)c1Cl.[MgH2]. The highest BCUT2D eigenvalue weighted by atomic mass is 35.5. The molecule has 0 fully saturated rings. The molecule has 1 N–H and O–H groups in total. The Morgan fingerprint density at radius 2 is 1.73 bits per heavy atom. The molecule has 0 amide bonds. The van der Waals surface area contributed by atoms with E-state index in [0.717, 1.165) is 0 Å². The summed E-state index contributed by atoms with van der Waals surface area (Å²) in [5, 5.41) is 9.17. The molecule has 1 heterocycles. The monoisotopic (exact) mass is 223 g/mol. The van der Waals surface area contributed by atoms with Crippen LogP contribution in [0, 0.1) is 0 Å². The molecular formula is C5H4Cl3MgNO. The maximum atomic E-state index is 8.84. The minimum absolute atomic E-state index is 0. The van der Waals surface area contributed by atoms with Gasteiger partial charge in [0.15, 0.2) is 0 Å². The average Bonchev–Trinajstić information content (AvgIpc) is 1.93. The Morgan fingerprint density at radius 3 is 2.18 bits per heavy atom. The van der Waals surface area contributed by atoms with Crippen LogP contribution in [-0.2, 0) is 0 Å². The third-order valence-electron chi connectivity index (χ3n) is 0.899. The molecule has 1 aromatic heterocycles. The smallest absolute Gasteiger partial charge is 0.316 e. The van der Waals surface area contributed by atoms with E-state index in [1.54, 1.807) is 0 Å². The van der Waals surface area contributed by atoms with Gasteiger partial charge in [-0.05, 0) is 0 Å². The number of halogens is 3. The van der Waals surface area contributed by atoms with Gasteiger partial charge in [-0.1, -0.05) is 34.8 Å². The van der Waals surface area contributed by atoms with E-state index in [-0.39, 0.29) is 44.0 Å². The molecule has 1 aromatic rings. The quantitative estimate of drug-likeness (QED) is 0.683. The number of hydrogen-bond acceptors (Lipinski definition) is 2. The molecule has 0 aliphatic rings. The Morgan fingerprint density at radius 1 is 1.18 bits per heavy atom. The Labute approximate surface area is 94.6 Å². The van der Waals surface area contributed by atoms with E-state index in [2.05, 4.69) is 4.98 Å². The van der Waals surface area contributed by atoms with Gasteiger partial charge in [-0.3, -0.25) is 0 Å². The predicted molar refractivity (Wildman–Crippen MR) is 49.5 cm³/mol. The molecule has 0 spiro atoms. The molecule has 1 rings (SSSR count). The van der Waals surface area contributed by atoms with Crippen LogP contribution in [0.1, 0.15) is 0 Å². The van der Waals surface area contributed by atoms with Crippen molar-refractivity contribution in [1.82, 2.24) is 4.98 Å². The van der Waals surface area contributed by atoms with E-state index in [4.69, 9.17) is 39.9 Å². The molecule has 6 heteroatoms. The maximum absolute atomic E-state index is 8.84. The van der Waals surface area contributed by atoms with Gasteiger partial charge in [-0.25, -0.2) is 4.98 Å². The van der Waals surface area contributed by atoms with E-state index in [9.17, 15) is 0 Å². The second kappa shape index (κ2) is 4.57. The van der Waals surface area contributed by atoms with Crippen LogP contribution >= 0.6 is 34.8 Å². The largest absolute Gasteiger partial charge is 0.492 e. The van der Waals surface area contributed by atoms with Crippen LogP contribution < -0.4 is 0 Å². The maximum Gasteiger partial charge on any atom is 0.316 e. The molecule has 0 aliphatic heterocycles. The van der Waals surface area contributed by atoms with Crippen molar-refractivity contribution in [2.75, 3.05) is 0 Å². The van der Waals surface area contributed by atoms with Crippen molar-refractivity contribution in [3.8, 4) is 5.88 Å². The van der Waals surface area contributed by atoms with Gasteiger partial charge in [0, 0.05) is 0 Å². The van der Waals surface area contributed by atoms with Gasteiger partial charge >= 0.3 is 23.1 Å². The summed E-state index contributed by atoms with van der Waals surface area (Å²) in [5.41, 5.74) is 0. The lowest BCUT2D eigenvalue weighted by Gasteiger charge is -1.97. The first-order valence-electron chi connectivity index (χ1n) is 2.31. The van der Waals surface area contributed by atoms with Crippen LogP contribution in [0.4, 0.5) is 0 Å². The molecule has 0 bridgehead atoms. The fraction of sp³-hybridized carbons (Fsp3) is 0. The zero-order valence-corrected chi connectivity index (χ0v) is 6.87. The third-order valence-corrected chi connectivity index (χ3v) is 2.13. The zero-order chi connectivity index (χ0) is 7.72. The van der Waals surface area contributed by atoms with Crippen LogP contribution in [0.15, 0.2) is 6.20 Å². The van der Waals surface area contributed by atoms with Gasteiger partial charge in [-0.15, -0.1) is 0 Å². The Balaban J connectivity index is 0.000001000. The Bertz CT molecular complexity index is 241. The number of aromatic hydroxyl groups is 1. The molecular weight excluding hydrogens is 221 g/mol. The van der Waals surface area contributed by atoms with E-state index < -0.39 is 0 Å². The van der Waals surface area contributed by atoms with Gasteiger partial charge in [0.1, 0.15) is 5.02 Å². The summed E-state index contributed by atoms with van der Waals surface area (Å²) in [6.45, 7) is 0. The number of nitrogens with zero attached hydrogens (tertiary/aromatic N) is 1. The van der Waals surface area contributed by atoms with Crippen LogP contribution in [0.2, 0.25) is 15.1 Å². The molecule has 0 saturated carbocycles. The number of pyridine rings is 1. The van der Waals surface area contributed by atoms with Crippen molar-refractivity contribution in [1.29, 1.82) is 0 Å². The highest BCUT2D eigenvalue weighted by Crippen LogP contribution is 2.33. The summed E-state index contributed by atoms with van der Waals surface area (Å²) in [7, 11) is 0.